The number of ether oxygens (including phenoxy) is 1. The van der Waals surface area contributed by atoms with Gasteiger partial charge in [0.2, 0.25) is 0 Å². The van der Waals surface area contributed by atoms with Gasteiger partial charge in [-0.05, 0) is 85.8 Å². The van der Waals surface area contributed by atoms with E-state index in [4.69, 9.17) is 4.74 Å². The minimum atomic E-state index is -0.516. The molecule has 0 spiro atoms. The smallest absolute Gasteiger partial charge is 0.257 e. The molecule has 0 atom stereocenters. The highest BCUT2D eigenvalue weighted by atomic mass is 16.5. The zero-order valence-electron chi connectivity index (χ0n) is 23.9. The molecule has 0 N–H and O–H groups in total. The fourth-order valence-electron chi connectivity index (χ4n) is 8.33. The Morgan fingerprint density at radius 3 is 1.75 bits per heavy atom. The lowest BCUT2D eigenvalue weighted by Crippen LogP contribution is -2.66. The molecular weight excluding hydrogens is 533 g/mol. The zero-order chi connectivity index (χ0) is 28.8. The highest BCUT2D eigenvalue weighted by molar-refractivity contribution is 7.00. The maximum atomic E-state index is 6.84. The molecule has 0 aliphatic carbocycles. The van der Waals surface area contributed by atoms with E-state index >= 15 is 0 Å². The molecule has 10 rings (SSSR count). The van der Waals surface area contributed by atoms with Crippen LogP contribution in [0.4, 0.5) is 17.1 Å². The lowest BCUT2D eigenvalue weighted by atomic mass is 9.28. The van der Waals surface area contributed by atoms with E-state index in [-0.39, 0.29) is 6.71 Å². The molecule has 0 aromatic heterocycles. The van der Waals surface area contributed by atoms with E-state index in [2.05, 4.69) is 163 Å². The Hall–Kier alpha value is -5.54. The van der Waals surface area contributed by atoms with Gasteiger partial charge in [-0.1, -0.05) is 121 Å². The van der Waals surface area contributed by atoms with Crippen LogP contribution >= 0.6 is 0 Å². The summed E-state index contributed by atoms with van der Waals surface area (Å²) in [5.41, 5.74) is 12.1. The van der Waals surface area contributed by atoms with E-state index in [1.54, 1.807) is 0 Å². The van der Waals surface area contributed by atoms with Crippen molar-refractivity contribution in [3.05, 3.63) is 180 Å². The average Bonchev–Trinajstić information content (AvgIpc) is 3.09. The molecule has 2 nitrogen and oxygen atoms in total. The van der Waals surface area contributed by atoms with Gasteiger partial charge < -0.3 is 9.64 Å². The van der Waals surface area contributed by atoms with E-state index in [0.717, 1.165) is 17.2 Å². The normalized spacial score (nSPS) is 14.6. The lowest BCUT2D eigenvalue weighted by Gasteiger charge is -2.50. The van der Waals surface area contributed by atoms with Crippen molar-refractivity contribution in [1.82, 2.24) is 0 Å². The third-order valence-electron chi connectivity index (χ3n) is 9.97. The molecule has 3 aliphatic rings. The average molecular weight is 559 g/mol. The van der Waals surface area contributed by atoms with Gasteiger partial charge in [-0.2, -0.15) is 0 Å². The number of fused-ring (bicyclic) bond motifs is 1. The Kier molecular flexibility index (Phi) is 4.76. The molecule has 44 heavy (non-hydrogen) atoms. The van der Waals surface area contributed by atoms with Crippen molar-refractivity contribution in [2.45, 2.75) is 5.41 Å². The van der Waals surface area contributed by atoms with Crippen molar-refractivity contribution in [3.63, 3.8) is 0 Å². The number of rotatable bonds is 3. The first-order valence-electron chi connectivity index (χ1n) is 15.3. The first kappa shape index (κ1) is 24.0. The molecule has 0 saturated carbocycles. The minimum absolute atomic E-state index is 0.0737. The van der Waals surface area contributed by atoms with Gasteiger partial charge in [0.15, 0.2) is 0 Å². The first-order chi connectivity index (χ1) is 21.8. The van der Waals surface area contributed by atoms with Crippen LogP contribution in [-0.4, -0.2) is 6.71 Å². The second-order valence-electron chi connectivity index (χ2n) is 12.0. The Labute approximate surface area is 256 Å². The van der Waals surface area contributed by atoms with E-state index in [1.165, 1.54) is 60.8 Å². The molecule has 7 aromatic rings. The van der Waals surface area contributed by atoms with Crippen LogP contribution in [0.1, 0.15) is 22.3 Å². The second-order valence-corrected chi connectivity index (χ2v) is 12.0. The van der Waals surface area contributed by atoms with Gasteiger partial charge in [0, 0.05) is 17.1 Å². The third-order valence-corrected chi connectivity index (χ3v) is 9.97. The van der Waals surface area contributed by atoms with Crippen LogP contribution in [0.25, 0.3) is 10.8 Å². The van der Waals surface area contributed by atoms with Gasteiger partial charge in [0.25, 0.3) is 6.71 Å². The van der Waals surface area contributed by atoms with Gasteiger partial charge in [0.1, 0.15) is 11.5 Å². The second kappa shape index (κ2) is 8.75. The summed E-state index contributed by atoms with van der Waals surface area (Å²) in [6.07, 6.45) is 0. The Morgan fingerprint density at radius 2 is 1.02 bits per heavy atom. The third kappa shape index (κ3) is 2.96. The summed E-state index contributed by atoms with van der Waals surface area (Å²) in [5, 5.41) is 2.47. The van der Waals surface area contributed by atoms with Crippen LogP contribution in [0.2, 0.25) is 0 Å². The van der Waals surface area contributed by atoms with Crippen LogP contribution in [0, 0.1) is 0 Å². The highest BCUT2D eigenvalue weighted by Gasteiger charge is 2.54. The molecule has 0 radical (unpaired) electrons. The predicted molar refractivity (Wildman–Crippen MR) is 182 cm³/mol. The summed E-state index contributed by atoms with van der Waals surface area (Å²) in [4.78, 5) is 2.46. The maximum absolute atomic E-state index is 6.84. The van der Waals surface area contributed by atoms with Crippen LogP contribution in [0.15, 0.2) is 158 Å². The molecular formula is C41H26BNO. The summed E-state index contributed by atoms with van der Waals surface area (Å²) in [6.45, 7) is 0.0737. The van der Waals surface area contributed by atoms with Gasteiger partial charge >= 0.3 is 0 Å². The maximum Gasteiger partial charge on any atom is 0.257 e. The Morgan fingerprint density at radius 1 is 0.455 bits per heavy atom. The predicted octanol–water partition coefficient (Wildman–Crippen LogP) is 7.94. The Bertz CT molecular complexity index is 2240. The van der Waals surface area contributed by atoms with Crippen molar-refractivity contribution in [3.8, 4) is 11.5 Å². The number of hydrogen-bond donors (Lipinski definition) is 0. The van der Waals surface area contributed by atoms with Crippen molar-refractivity contribution in [1.29, 1.82) is 0 Å². The molecule has 0 amide bonds. The summed E-state index contributed by atoms with van der Waals surface area (Å²) < 4.78 is 6.84. The van der Waals surface area contributed by atoms with E-state index in [1.807, 2.05) is 0 Å². The van der Waals surface area contributed by atoms with Crippen LogP contribution in [-0.2, 0) is 5.41 Å². The molecule has 0 bridgehead atoms. The van der Waals surface area contributed by atoms with Gasteiger partial charge in [-0.25, -0.2) is 0 Å². The number of anilines is 3. The summed E-state index contributed by atoms with van der Waals surface area (Å²) in [7, 11) is 0. The quantitative estimate of drug-likeness (QED) is 0.204. The number of hydrogen-bond acceptors (Lipinski definition) is 2. The molecule has 0 unspecified atom stereocenters. The summed E-state index contributed by atoms with van der Waals surface area (Å²) >= 11 is 0. The number of nitrogens with zero attached hydrogens (tertiary/aromatic N) is 1. The Balaban J connectivity index is 1.37. The van der Waals surface area contributed by atoms with Crippen LogP contribution in [0.5, 0.6) is 11.5 Å². The number of benzene rings is 7. The summed E-state index contributed by atoms with van der Waals surface area (Å²) in [5.74, 6) is 1.89. The van der Waals surface area contributed by atoms with E-state index < -0.39 is 5.41 Å². The topological polar surface area (TPSA) is 12.5 Å². The summed E-state index contributed by atoms with van der Waals surface area (Å²) in [6, 6.07) is 57.6. The van der Waals surface area contributed by atoms with Crippen molar-refractivity contribution in [2.75, 3.05) is 4.90 Å². The first-order valence-corrected chi connectivity index (χ1v) is 15.3. The van der Waals surface area contributed by atoms with Crippen LogP contribution < -0.4 is 26.0 Å². The highest BCUT2D eigenvalue weighted by Crippen LogP contribution is 2.51. The zero-order valence-corrected chi connectivity index (χ0v) is 23.9. The van der Waals surface area contributed by atoms with Crippen molar-refractivity contribution in [2.24, 2.45) is 0 Å². The molecule has 0 saturated heterocycles. The fraction of sp³-hybridized carbons (Fsp3) is 0.0244. The lowest BCUT2D eigenvalue weighted by molar-refractivity contribution is 0.485. The van der Waals surface area contributed by atoms with Crippen LogP contribution in [0.3, 0.4) is 0 Å². The standard InChI is InChI=1S/C41H26BNO/c1-3-14-29(15-4-1)41(30-16-5-2-6-17-30)32-18-9-20-34-38(32)42-39-33(41)19-10-22-36(39)44-37-23-11-21-35(40(37)42)43(34)31-25-24-27-12-7-8-13-28(27)26-31/h1-26H. The van der Waals surface area contributed by atoms with Gasteiger partial charge in [0.05, 0.1) is 5.41 Å². The monoisotopic (exact) mass is 559 g/mol. The molecule has 7 aromatic carbocycles. The fourth-order valence-corrected chi connectivity index (χ4v) is 8.33. The van der Waals surface area contributed by atoms with Gasteiger partial charge in [-0.15, -0.1) is 0 Å². The van der Waals surface area contributed by atoms with E-state index in [9.17, 15) is 0 Å². The molecule has 3 heteroatoms. The van der Waals surface area contributed by atoms with Gasteiger partial charge in [-0.3, -0.25) is 0 Å². The largest absolute Gasteiger partial charge is 0.458 e. The van der Waals surface area contributed by atoms with Crippen molar-refractivity contribution < 1.29 is 4.74 Å². The molecule has 204 valence electrons. The minimum Gasteiger partial charge on any atom is -0.458 e. The SMILES string of the molecule is c1ccc(C2(c3ccccc3)c3cccc4c3B3c5c(cccc5N(c5ccc6ccccc6c5)c5cccc2c53)O4)cc1. The molecule has 0 fully saturated rings. The van der Waals surface area contributed by atoms with E-state index in [0.29, 0.717) is 0 Å². The molecule has 3 heterocycles. The van der Waals surface area contributed by atoms with Crippen molar-refractivity contribution >= 4 is 50.9 Å². The molecule has 3 aliphatic heterocycles.